The molecule has 0 unspecified atom stereocenters. The summed E-state index contributed by atoms with van der Waals surface area (Å²) in [5.41, 5.74) is 8.04. The second-order valence-electron chi connectivity index (χ2n) is 4.84. The van der Waals surface area contributed by atoms with E-state index in [2.05, 4.69) is 31.7 Å². The fraction of sp³-hybridized carbons (Fsp3) is 0.571. The molecule has 0 aliphatic heterocycles. The van der Waals surface area contributed by atoms with Crippen molar-refractivity contribution in [2.75, 3.05) is 24.5 Å². The largest absolute Gasteiger partial charge is 0.370 e. The van der Waals surface area contributed by atoms with Crippen LogP contribution in [0.1, 0.15) is 25.8 Å². The molecule has 0 amide bonds. The molecule has 0 atom stereocenters. The number of rotatable bonds is 6. The Bertz CT molecular complexity index is 350. The zero-order valence-electron chi connectivity index (χ0n) is 11.0. The van der Waals surface area contributed by atoms with Crippen LogP contribution in [-0.2, 0) is 0 Å². The Kier molecular flexibility index (Phi) is 5.79. The molecule has 0 aromatic heterocycles. The van der Waals surface area contributed by atoms with Gasteiger partial charge in [-0.3, -0.25) is 0 Å². The third-order valence-electron chi connectivity index (χ3n) is 2.96. The first-order valence-corrected chi connectivity index (χ1v) is 6.64. The maximum absolute atomic E-state index is 6.16. The predicted octanol–water partition coefficient (Wildman–Crippen LogP) is 3.46. The Balaban J connectivity index is 2.85. The number of nitrogens with zero attached hydrogens (tertiary/aromatic N) is 1. The van der Waals surface area contributed by atoms with Gasteiger partial charge in [-0.1, -0.05) is 31.5 Å². The number of benzene rings is 1. The SMILES string of the molecule is Cc1c(Cl)cccc1N(CCN)CCC(C)C. The number of hydrogen-bond acceptors (Lipinski definition) is 2. The van der Waals surface area contributed by atoms with Gasteiger partial charge in [-0.15, -0.1) is 0 Å². The molecule has 0 radical (unpaired) electrons. The highest BCUT2D eigenvalue weighted by atomic mass is 35.5. The molecule has 0 heterocycles. The molecule has 17 heavy (non-hydrogen) atoms. The topological polar surface area (TPSA) is 29.3 Å². The van der Waals surface area contributed by atoms with Crippen LogP contribution in [0.4, 0.5) is 5.69 Å². The van der Waals surface area contributed by atoms with Gasteiger partial charge in [-0.05, 0) is 37.0 Å². The van der Waals surface area contributed by atoms with Crippen molar-refractivity contribution in [3.05, 3.63) is 28.8 Å². The number of halogens is 1. The van der Waals surface area contributed by atoms with Crippen molar-refractivity contribution in [1.29, 1.82) is 0 Å². The molecule has 2 N–H and O–H groups in total. The van der Waals surface area contributed by atoms with E-state index in [0.717, 1.165) is 23.7 Å². The molecule has 0 aliphatic carbocycles. The third kappa shape index (κ3) is 4.21. The van der Waals surface area contributed by atoms with Gasteiger partial charge in [-0.2, -0.15) is 0 Å². The Labute approximate surface area is 110 Å². The Hall–Kier alpha value is -0.730. The van der Waals surface area contributed by atoms with Crippen molar-refractivity contribution in [3.8, 4) is 0 Å². The van der Waals surface area contributed by atoms with Crippen LogP contribution in [0, 0.1) is 12.8 Å². The van der Waals surface area contributed by atoms with Crippen molar-refractivity contribution in [2.45, 2.75) is 27.2 Å². The van der Waals surface area contributed by atoms with Gasteiger partial charge in [0.15, 0.2) is 0 Å². The maximum Gasteiger partial charge on any atom is 0.0455 e. The standard InChI is InChI=1S/C14H23ClN2/c1-11(2)7-9-17(10-8-16)14-6-4-5-13(15)12(14)3/h4-6,11H,7-10,16H2,1-3H3. The lowest BCUT2D eigenvalue weighted by molar-refractivity contribution is 0.573. The number of anilines is 1. The molecular weight excluding hydrogens is 232 g/mol. The highest BCUT2D eigenvalue weighted by Crippen LogP contribution is 2.26. The first-order valence-electron chi connectivity index (χ1n) is 6.26. The summed E-state index contributed by atoms with van der Waals surface area (Å²) >= 11 is 6.16. The van der Waals surface area contributed by atoms with Gasteiger partial charge in [0.1, 0.15) is 0 Å². The van der Waals surface area contributed by atoms with E-state index in [9.17, 15) is 0 Å². The van der Waals surface area contributed by atoms with Crippen LogP contribution in [0.25, 0.3) is 0 Å². The summed E-state index contributed by atoms with van der Waals surface area (Å²) in [6.45, 7) is 9.14. The summed E-state index contributed by atoms with van der Waals surface area (Å²) in [7, 11) is 0. The highest BCUT2D eigenvalue weighted by molar-refractivity contribution is 6.31. The molecular formula is C14H23ClN2. The minimum absolute atomic E-state index is 0.671. The molecule has 2 nitrogen and oxygen atoms in total. The normalized spacial score (nSPS) is 10.9. The molecule has 1 aromatic rings. The fourth-order valence-electron chi connectivity index (χ4n) is 1.86. The van der Waals surface area contributed by atoms with Crippen LogP contribution in [0.15, 0.2) is 18.2 Å². The van der Waals surface area contributed by atoms with Gasteiger partial charge < -0.3 is 10.6 Å². The van der Waals surface area contributed by atoms with E-state index in [1.165, 1.54) is 12.1 Å². The Morgan fingerprint density at radius 1 is 1.29 bits per heavy atom. The van der Waals surface area contributed by atoms with Gasteiger partial charge in [0.05, 0.1) is 0 Å². The molecule has 0 saturated heterocycles. The Morgan fingerprint density at radius 3 is 2.59 bits per heavy atom. The zero-order valence-corrected chi connectivity index (χ0v) is 11.8. The van der Waals surface area contributed by atoms with Crippen molar-refractivity contribution in [3.63, 3.8) is 0 Å². The first kappa shape index (κ1) is 14.3. The van der Waals surface area contributed by atoms with Crippen LogP contribution < -0.4 is 10.6 Å². The summed E-state index contributed by atoms with van der Waals surface area (Å²) in [6, 6.07) is 6.06. The highest BCUT2D eigenvalue weighted by Gasteiger charge is 2.10. The van der Waals surface area contributed by atoms with Gasteiger partial charge in [-0.25, -0.2) is 0 Å². The monoisotopic (exact) mass is 254 g/mol. The van der Waals surface area contributed by atoms with Crippen molar-refractivity contribution < 1.29 is 0 Å². The Morgan fingerprint density at radius 2 is 2.00 bits per heavy atom. The van der Waals surface area contributed by atoms with Crippen molar-refractivity contribution in [2.24, 2.45) is 11.7 Å². The molecule has 3 heteroatoms. The van der Waals surface area contributed by atoms with E-state index >= 15 is 0 Å². The van der Waals surface area contributed by atoms with E-state index in [1.807, 2.05) is 12.1 Å². The van der Waals surface area contributed by atoms with E-state index in [0.29, 0.717) is 12.5 Å². The molecule has 1 rings (SSSR count). The minimum atomic E-state index is 0.671. The summed E-state index contributed by atoms with van der Waals surface area (Å²) in [4.78, 5) is 2.33. The van der Waals surface area contributed by atoms with E-state index in [4.69, 9.17) is 17.3 Å². The summed E-state index contributed by atoms with van der Waals surface area (Å²) < 4.78 is 0. The van der Waals surface area contributed by atoms with Crippen LogP contribution >= 0.6 is 11.6 Å². The lowest BCUT2D eigenvalue weighted by Crippen LogP contribution is -2.31. The summed E-state index contributed by atoms with van der Waals surface area (Å²) in [5, 5.41) is 0.828. The fourth-order valence-corrected chi connectivity index (χ4v) is 2.03. The second kappa shape index (κ2) is 6.87. The molecule has 0 saturated carbocycles. The predicted molar refractivity (Wildman–Crippen MR) is 76.9 cm³/mol. The average molecular weight is 255 g/mol. The number of hydrogen-bond donors (Lipinski definition) is 1. The number of nitrogens with two attached hydrogens (primary N) is 1. The molecule has 1 aromatic carbocycles. The van der Waals surface area contributed by atoms with E-state index < -0.39 is 0 Å². The molecule has 0 aliphatic rings. The van der Waals surface area contributed by atoms with Crippen LogP contribution in [-0.4, -0.2) is 19.6 Å². The third-order valence-corrected chi connectivity index (χ3v) is 3.36. The van der Waals surface area contributed by atoms with Crippen LogP contribution in [0.5, 0.6) is 0 Å². The smallest absolute Gasteiger partial charge is 0.0455 e. The maximum atomic E-state index is 6.16. The van der Waals surface area contributed by atoms with E-state index in [-0.39, 0.29) is 0 Å². The van der Waals surface area contributed by atoms with Gasteiger partial charge >= 0.3 is 0 Å². The van der Waals surface area contributed by atoms with Crippen molar-refractivity contribution in [1.82, 2.24) is 0 Å². The van der Waals surface area contributed by atoms with E-state index in [1.54, 1.807) is 0 Å². The molecule has 0 fully saturated rings. The first-order chi connectivity index (χ1) is 8.06. The van der Waals surface area contributed by atoms with Crippen molar-refractivity contribution >= 4 is 17.3 Å². The average Bonchev–Trinajstić information content (AvgIpc) is 2.28. The van der Waals surface area contributed by atoms with Gasteiger partial charge in [0.2, 0.25) is 0 Å². The summed E-state index contributed by atoms with van der Waals surface area (Å²) in [5.74, 6) is 0.703. The van der Waals surface area contributed by atoms with Crippen LogP contribution in [0.2, 0.25) is 5.02 Å². The summed E-state index contributed by atoms with van der Waals surface area (Å²) in [6.07, 6.45) is 1.17. The molecule has 0 bridgehead atoms. The molecule has 96 valence electrons. The lowest BCUT2D eigenvalue weighted by Gasteiger charge is -2.27. The second-order valence-corrected chi connectivity index (χ2v) is 5.25. The molecule has 0 spiro atoms. The van der Waals surface area contributed by atoms with Crippen LogP contribution in [0.3, 0.4) is 0 Å². The lowest BCUT2D eigenvalue weighted by atomic mass is 10.1. The quantitative estimate of drug-likeness (QED) is 0.843. The van der Waals surface area contributed by atoms with Gasteiger partial charge in [0.25, 0.3) is 0 Å². The van der Waals surface area contributed by atoms with Gasteiger partial charge in [0, 0.05) is 30.3 Å². The zero-order chi connectivity index (χ0) is 12.8. The minimum Gasteiger partial charge on any atom is -0.370 e.